The first-order chi connectivity index (χ1) is 41.1. The molecule has 0 aliphatic rings. The summed E-state index contributed by atoms with van der Waals surface area (Å²) in [6.07, 6.45) is 0. The van der Waals surface area contributed by atoms with Gasteiger partial charge in [-0.3, -0.25) is 9.59 Å². The minimum absolute atomic E-state index is 0. The van der Waals surface area contributed by atoms with E-state index in [1.54, 1.807) is 43.3 Å². The summed E-state index contributed by atoms with van der Waals surface area (Å²) in [7, 11) is 11.6. The van der Waals surface area contributed by atoms with Gasteiger partial charge in [-0.2, -0.15) is 0 Å². The predicted octanol–water partition coefficient (Wildman–Crippen LogP) is 23.5. The molecule has 0 bridgehead atoms. The van der Waals surface area contributed by atoms with E-state index < -0.39 is 15.9 Å². The molecule has 530 valence electrons. The Kier molecular flexibility index (Phi) is 53.2. The molecule has 0 saturated heterocycles. The van der Waals surface area contributed by atoms with Crippen LogP contribution in [0.15, 0.2) is 169 Å². The number of anilines is 2. The molecule has 0 radical (unpaired) electrons. The lowest BCUT2D eigenvalue weighted by Gasteiger charge is -2.14. The molecular formula is C82H130FN7O4S. The Morgan fingerprint density at radius 2 is 0.768 bits per heavy atom. The van der Waals surface area contributed by atoms with Crippen LogP contribution in [-0.4, -0.2) is 85.8 Å². The maximum Gasteiger partial charge on any atom is 0.253 e. The Balaban J connectivity index is -0.000000188. The topological polar surface area (TPSA) is 116 Å². The molecule has 11 nitrogen and oxygen atoms in total. The Hall–Kier alpha value is -8.10. The van der Waals surface area contributed by atoms with Gasteiger partial charge in [0, 0.05) is 78.9 Å². The van der Waals surface area contributed by atoms with E-state index in [-0.39, 0.29) is 75.2 Å². The van der Waals surface area contributed by atoms with E-state index in [2.05, 4.69) is 191 Å². The van der Waals surface area contributed by atoms with Crippen LogP contribution in [0.25, 0.3) is 9.69 Å². The lowest BCUT2D eigenvalue weighted by atomic mass is 10.0. The fraction of sp³-hybridized carbons (Fsp3) is 0.439. The van der Waals surface area contributed by atoms with Crippen LogP contribution in [0.1, 0.15) is 250 Å². The standard InChI is InChI=1S/C12H17NO.C11H17NO2S.2C11H17N.C10H12FNO.2C10H11N.7CH4/c1-9(2)10-6-5-7-11(8-10)12(14)13(3)4;1-9(2)10-5-7-11(8-6-10)15(13,14)12(3)4;1-9(2)10-5-7-11(8-6-10)12(3)4;1-9(2)10-6-5-7-11(8-10)12(3)4;1-6(2)8-4-3-7(10(12)13)5-9(8)11;1-8(2)9-4-6-10(11-3)7-5-9;1-8(2)9-5-4-6-10(7-9)11-3;;;;;;;/h5-9H,1-4H3;5-9H,1-4H3;2*5-9H,1-4H3;3-6H,1-2H3,(H2,12,13);2*4-8H,1-2H3;7*1H4. The van der Waals surface area contributed by atoms with Crippen molar-refractivity contribution in [2.24, 2.45) is 5.73 Å². The van der Waals surface area contributed by atoms with Gasteiger partial charge in [-0.15, -0.1) is 0 Å². The first-order valence-corrected chi connectivity index (χ1v) is 31.5. The van der Waals surface area contributed by atoms with E-state index in [0.29, 0.717) is 46.0 Å². The summed E-state index contributed by atoms with van der Waals surface area (Å²) in [5.74, 6) is 2.39. The summed E-state index contributed by atoms with van der Waals surface area (Å²) in [6.45, 7) is 43.1. The van der Waals surface area contributed by atoms with Gasteiger partial charge < -0.3 is 20.4 Å². The fourth-order valence-electron chi connectivity index (χ4n) is 7.88. The van der Waals surface area contributed by atoms with Crippen LogP contribution in [0, 0.1) is 19.0 Å². The Bertz CT molecular complexity index is 3340. The van der Waals surface area contributed by atoms with Crippen molar-refractivity contribution in [1.82, 2.24) is 9.21 Å². The molecular weight excluding hydrogens is 1200 g/mol. The molecule has 0 aliphatic carbocycles. The second-order valence-corrected chi connectivity index (χ2v) is 26.4. The van der Waals surface area contributed by atoms with Gasteiger partial charge in [0.1, 0.15) is 5.82 Å². The number of hydrogen-bond donors (Lipinski definition) is 1. The Morgan fingerprint density at radius 3 is 1.12 bits per heavy atom. The number of hydrogen-bond acceptors (Lipinski definition) is 6. The number of primary amides is 1. The third-order valence-electron chi connectivity index (χ3n) is 13.9. The number of benzene rings is 7. The van der Waals surface area contributed by atoms with Crippen molar-refractivity contribution < 1.29 is 22.4 Å². The van der Waals surface area contributed by atoms with Crippen molar-refractivity contribution in [3.8, 4) is 0 Å². The molecule has 0 aromatic heterocycles. The lowest BCUT2D eigenvalue weighted by molar-refractivity contribution is 0.0827. The van der Waals surface area contributed by atoms with Gasteiger partial charge in [0.25, 0.3) is 5.91 Å². The number of halogens is 1. The van der Waals surface area contributed by atoms with E-state index in [1.165, 1.54) is 63.7 Å². The Labute approximate surface area is 582 Å². The molecule has 0 saturated carbocycles. The summed E-state index contributed by atoms with van der Waals surface area (Å²) < 4.78 is 38.0. The summed E-state index contributed by atoms with van der Waals surface area (Å²) >= 11 is 0. The first kappa shape index (κ1) is 100. The highest BCUT2D eigenvalue weighted by molar-refractivity contribution is 7.89. The van der Waals surface area contributed by atoms with Crippen LogP contribution in [0.5, 0.6) is 0 Å². The summed E-state index contributed by atoms with van der Waals surface area (Å²) in [4.78, 5) is 35.2. The highest BCUT2D eigenvalue weighted by Crippen LogP contribution is 2.25. The van der Waals surface area contributed by atoms with Gasteiger partial charge in [0.2, 0.25) is 15.9 Å². The molecule has 0 unspecified atom stereocenters. The summed E-state index contributed by atoms with van der Waals surface area (Å²) in [6, 6.07) is 52.1. The third kappa shape index (κ3) is 36.4. The van der Waals surface area contributed by atoms with Crippen LogP contribution >= 0.6 is 0 Å². The van der Waals surface area contributed by atoms with Crippen molar-refractivity contribution in [2.45, 2.75) is 195 Å². The van der Waals surface area contributed by atoms with Crippen LogP contribution in [0.3, 0.4) is 0 Å². The molecule has 0 fully saturated rings. The van der Waals surface area contributed by atoms with E-state index in [0.717, 1.165) is 22.5 Å². The average molecular weight is 1330 g/mol. The van der Waals surface area contributed by atoms with E-state index in [1.807, 2.05) is 86.6 Å². The molecule has 7 aromatic carbocycles. The predicted molar refractivity (Wildman–Crippen MR) is 419 cm³/mol. The molecule has 7 rings (SSSR count). The van der Waals surface area contributed by atoms with Crippen LogP contribution in [0.2, 0.25) is 0 Å². The summed E-state index contributed by atoms with van der Waals surface area (Å²) in [5.41, 5.74) is 18.3. The highest BCUT2D eigenvalue weighted by Gasteiger charge is 2.17. The molecule has 7 aromatic rings. The first-order valence-electron chi connectivity index (χ1n) is 30.0. The van der Waals surface area contributed by atoms with Gasteiger partial charge >= 0.3 is 0 Å². The quantitative estimate of drug-likeness (QED) is 0.115. The second kappa shape index (κ2) is 50.3. The van der Waals surface area contributed by atoms with Crippen LogP contribution in [-0.2, 0) is 10.0 Å². The molecule has 13 heteroatoms. The van der Waals surface area contributed by atoms with Crippen molar-refractivity contribution in [3.63, 3.8) is 0 Å². The van der Waals surface area contributed by atoms with Crippen molar-refractivity contribution in [2.75, 3.05) is 66.2 Å². The summed E-state index contributed by atoms with van der Waals surface area (Å²) in [5, 5.41) is 0. The van der Waals surface area contributed by atoms with Gasteiger partial charge in [0.15, 0.2) is 11.4 Å². The third-order valence-corrected chi connectivity index (χ3v) is 15.8. The smallest absolute Gasteiger partial charge is 0.253 e. The molecule has 0 spiro atoms. The largest absolute Gasteiger partial charge is 0.378 e. The van der Waals surface area contributed by atoms with Gasteiger partial charge in [-0.1, -0.05) is 258 Å². The maximum atomic E-state index is 13.3. The monoisotopic (exact) mass is 1330 g/mol. The number of carbonyl (C=O) groups excluding carboxylic acids is 2. The van der Waals surface area contributed by atoms with E-state index in [9.17, 15) is 22.4 Å². The van der Waals surface area contributed by atoms with Crippen LogP contribution < -0.4 is 15.5 Å². The maximum absolute atomic E-state index is 13.3. The fourth-order valence-corrected chi connectivity index (χ4v) is 8.78. The highest BCUT2D eigenvalue weighted by atomic mass is 32.2. The number of carbonyl (C=O) groups is 2. The number of nitrogens with zero attached hydrogens (tertiary/aromatic N) is 6. The average Bonchev–Trinajstić information content (AvgIpc) is 0.950. The zero-order valence-electron chi connectivity index (χ0n) is 56.8. The zero-order valence-corrected chi connectivity index (χ0v) is 57.6. The van der Waals surface area contributed by atoms with Crippen LogP contribution in [0.4, 0.5) is 27.1 Å². The van der Waals surface area contributed by atoms with Gasteiger partial charge in [-0.05, 0) is 135 Å². The number of sulfonamides is 1. The van der Waals surface area contributed by atoms with Crippen molar-refractivity contribution in [3.05, 3.63) is 243 Å². The normalized spacial score (nSPS) is 9.78. The van der Waals surface area contributed by atoms with Gasteiger partial charge in [-0.25, -0.2) is 26.8 Å². The van der Waals surface area contributed by atoms with E-state index in [4.69, 9.17) is 18.9 Å². The molecule has 0 heterocycles. The van der Waals surface area contributed by atoms with Gasteiger partial charge in [0.05, 0.1) is 18.0 Å². The second-order valence-electron chi connectivity index (χ2n) is 24.3. The minimum atomic E-state index is -3.29. The zero-order chi connectivity index (χ0) is 67.2. The molecule has 2 N–H and O–H groups in total. The molecule has 0 atom stereocenters. The molecule has 95 heavy (non-hydrogen) atoms. The minimum Gasteiger partial charge on any atom is -0.378 e. The lowest BCUT2D eigenvalue weighted by Crippen LogP contribution is -2.22. The number of rotatable bonds is 13. The molecule has 2 amide bonds. The number of amides is 2. The number of nitrogens with two attached hydrogens (primary N) is 1. The molecule has 0 aliphatic heterocycles. The van der Waals surface area contributed by atoms with Crippen molar-refractivity contribution in [1.29, 1.82) is 0 Å². The SMILES string of the molecule is C.C.C.C.C.C.C.CC(C)c1ccc(C(N)=O)cc1F.CC(C)c1ccc(N(C)C)cc1.CC(C)c1ccc(S(=O)(=O)N(C)C)cc1.CC(C)c1cccc(C(=O)N(C)C)c1.CC(C)c1cccc(N(C)C)c1.[C-]#[N+]c1ccc(C(C)C)cc1.[C-]#[N+]c1cccc(C(C)C)c1. The Morgan fingerprint density at radius 1 is 0.400 bits per heavy atom. The van der Waals surface area contributed by atoms with E-state index >= 15 is 0 Å². The van der Waals surface area contributed by atoms with Crippen molar-refractivity contribution >= 4 is 44.6 Å².